The summed E-state index contributed by atoms with van der Waals surface area (Å²) >= 11 is 0. The minimum absolute atomic E-state index is 0.156. The summed E-state index contributed by atoms with van der Waals surface area (Å²) in [4.78, 5) is 27.1. The van der Waals surface area contributed by atoms with Crippen LogP contribution >= 0.6 is 0 Å². The van der Waals surface area contributed by atoms with Crippen molar-refractivity contribution in [2.75, 3.05) is 13.6 Å². The van der Waals surface area contributed by atoms with Crippen molar-refractivity contribution in [2.45, 2.75) is 144 Å². The molecule has 7 saturated carbocycles. The van der Waals surface area contributed by atoms with E-state index in [1.807, 2.05) is 7.05 Å². The van der Waals surface area contributed by atoms with E-state index in [4.69, 9.17) is 4.74 Å². The smallest absolute Gasteiger partial charge is 0.332 e. The largest absolute Gasteiger partial charge is 0.447 e. The maximum atomic E-state index is 13.9. The number of aliphatic hydroxyl groups is 5. The average Bonchev–Trinajstić information content (AvgIpc) is 3.76. The number of hydrogen-bond acceptors (Lipinski definition) is 9. The Labute approximate surface area is 296 Å². The number of nitrogens with one attached hydrogen (secondary N) is 1. The normalized spacial score (nSPS) is 54.4. The Morgan fingerprint density at radius 3 is 2.42 bits per heavy atom. The summed E-state index contributed by atoms with van der Waals surface area (Å²) in [5.74, 6) is -2.11. The molecule has 276 valence electrons. The first-order chi connectivity index (χ1) is 23.9. The summed E-state index contributed by atoms with van der Waals surface area (Å²) in [6.07, 6.45) is 13.5. The molecule has 0 radical (unpaired) electrons. The van der Waals surface area contributed by atoms with E-state index < -0.39 is 63.2 Å². The highest BCUT2D eigenvalue weighted by Crippen LogP contribution is 2.78. The van der Waals surface area contributed by atoms with Crippen LogP contribution < -0.4 is 5.32 Å². The molecule has 0 saturated heterocycles. The minimum Gasteiger partial charge on any atom is -0.447 e. The van der Waals surface area contributed by atoms with E-state index in [1.165, 1.54) is 25.7 Å². The van der Waals surface area contributed by atoms with Crippen LogP contribution in [0.3, 0.4) is 0 Å². The van der Waals surface area contributed by atoms with E-state index in [-0.39, 0.29) is 36.6 Å². The third kappa shape index (κ3) is 3.81. The molecule has 0 aromatic rings. The van der Waals surface area contributed by atoms with Gasteiger partial charge in [-0.3, -0.25) is 0 Å². The molecule has 9 nitrogen and oxygen atoms in total. The van der Waals surface area contributed by atoms with Crippen LogP contribution in [0, 0.1) is 58.2 Å². The fraction of sp³-hybridized carbons (Fsp3) is 0.854. The van der Waals surface area contributed by atoms with Gasteiger partial charge in [-0.15, -0.1) is 0 Å². The molecule has 0 aromatic carbocycles. The molecule has 15 atom stereocenters. The molecule has 1 spiro atoms. The first-order valence-electron chi connectivity index (χ1n) is 20.2. The van der Waals surface area contributed by atoms with Gasteiger partial charge in [-0.25, -0.2) is 4.79 Å². The number of likely N-dealkylation sites (N-methyl/N-ethyl adjacent to an activating group) is 1. The van der Waals surface area contributed by atoms with Crippen LogP contribution in [0.2, 0.25) is 0 Å². The van der Waals surface area contributed by atoms with Crippen molar-refractivity contribution >= 4 is 12.3 Å². The van der Waals surface area contributed by atoms with Crippen molar-refractivity contribution in [2.24, 2.45) is 58.2 Å². The molecule has 8 aliphatic carbocycles. The topological polar surface area (TPSA) is 157 Å². The third-order valence-electron chi connectivity index (χ3n) is 17.7. The third-order valence-corrected chi connectivity index (χ3v) is 17.7. The van der Waals surface area contributed by atoms with Crippen LogP contribution in [-0.4, -0.2) is 86.0 Å². The maximum Gasteiger partial charge on any atom is 0.332 e. The Bertz CT molecular complexity index is 1510. The Hall–Kier alpha value is -1.62. The summed E-state index contributed by atoms with van der Waals surface area (Å²) in [5, 5.41) is 68.7. The van der Waals surface area contributed by atoms with Crippen molar-refractivity contribution in [1.82, 2.24) is 5.32 Å². The molecule has 1 heterocycles. The number of esters is 1. The standard InChI is InChI=1S/C41H59NO8/c1-23(24-7-3-4-8-24)25-9-10-28-31(44)11-15-37(22-43)32-12-16-36-13-5-6-14-38-27(21-42-2)17-26(34(36)29(38)19-33(45)50-38)20-39(36,47)41(32,49)35(46)30(18-25)40(28,37)48/h17,19,22-26,28,30-32,34-35,42,44,46-49H,3-16,18,20-21H2,1-2H3. The van der Waals surface area contributed by atoms with Gasteiger partial charge in [0, 0.05) is 35.8 Å². The summed E-state index contributed by atoms with van der Waals surface area (Å²) < 4.78 is 6.25. The Morgan fingerprint density at radius 2 is 1.68 bits per heavy atom. The number of aldehydes is 1. The molecule has 2 bridgehead atoms. The predicted molar refractivity (Wildman–Crippen MR) is 184 cm³/mol. The van der Waals surface area contributed by atoms with Gasteiger partial charge < -0.3 is 40.4 Å². The van der Waals surface area contributed by atoms with Gasteiger partial charge in [0.2, 0.25) is 0 Å². The lowest BCUT2D eigenvalue weighted by Crippen LogP contribution is -2.85. The number of aliphatic hydroxyl groups excluding tert-OH is 2. The molecule has 0 amide bonds. The van der Waals surface area contributed by atoms with Crippen molar-refractivity contribution < 1.29 is 39.9 Å². The van der Waals surface area contributed by atoms with Crippen LogP contribution in [0.15, 0.2) is 23.3 Å². The van der Waals surface area contributed by atoms with Gasteiger partial charge in [0.15, 0.2) is 5.60 Å². The Morgan fingerprint density at radius 1 is 0.920 bits per heavy atom. The quantitative estimate of drug-likeness (QED) is 0.144. The molecule has 0 aromatic heterocycles. The number of carbonyl (C=O) groups excluding carboxylic acids is 2. The molecule has 1 aliphatic heterocycles. The highest BCUT2D eigenvalue weighted by atomic mass is 16.6. The Kier molecular flexibility index (Phi) is 7.66. The zero-order valence-corrected chi connectivity index (χ0v) is 30.0. The number of allylic oxidation sites excluding steroid dienone is 1. The zero-order chi connectivity index (χ0) is 35.1. The minimum atomic E-state index is -2.08. The molecule has 9 aliphatic rings. The average molecular weight is 694 g/mol. The van der Waals surface area contributed by atoms with Crippen LogP contribution in [-0.2, 0) is 14.3 Å². The molecule has 9 heteroatoms. The summed E-state index contributed by atoms with van der Waals surface area (Å²) in [6.45, 7) is 2.83. The van der Waals surface area contributed by atoms with Crippen LogP contribution in [0.1, 0.15) is 110 Å². The van der Waals surface area contributed by atoms with E-state index in [0.717, 1.165) is 36.7 Å². The zero-order valence-electron chi connectivity index (χ0n) is 30.0. The lowest BCUT2D eigenvalue weighted by atomic mass is 9.35. The monoisotopic (exact) mass is 693 g/mol. The van der Waals surface area contributed by atoms with Gasteiger partial charge in [-0.1, -0.05) is 45.1 Å². The number of fused-ring (bicyclic) bond motifs is 3. The second-order valence-electron chi connectivity index (χ2n) is 18.8. The van der Waals surface area contributed by atoms with E-state index >= 15 is 0 Å². The van der Waals surface area contributed by atoms with E-state index in [0.29, 0.717) is 63.3 Å². The van der Waals surface area contributed by atoms with E-state index in [2.05, 4.69) is 18.3 Å². The van der Waals surface area contributed by atoms with Gasteiger partial charge >= 0.3 is 5.97 Å². The van der Waals surface area contributed by atoms with Crippen LogP contribution in [0.25, 0.3) is 0 Å². The summed E-state index contributed by atoms with van der Waals surface area (Å²) in [5.41, 5.74) is -6.83. The number of ether oxygens (including phenoxy) is 1. The van der Waals surface area contributed by atoms with E-state index in [9.17, 15) is 35.1 Å². The van der Waals surface area contributed by atoms with E-state index in [1.54, 1.807) is 6.08 Å². The van der Waals surface area contributed by atoms with Gasteiger partial charge in [0.25, 0.3) is 0 Å². The molecular formula is C41H59NO8. The molecule has 15 unspecified atom stereocenters. The van der Waals surface area contributed by atoms with Crippen molar-refractivity contribution in [1.29, 1.82) is 0 Å². The molecule has 6 N–H and O–H groups in total. The predicted octanol–water partition coefficient (Wildman–Crippen LogP) is 3.74. The number of rotatable bonds is 5. The number of hydrogen-bond donors (Lipinski definition) is 6. The van der Waals surface area contributed by atoms with Crippen LogP contribution in [0.4, 0.5) is 0 Å². The first kappa shape index (κ1) is 34.2. The van der Waals surface area contributed by atoms with Crippen molar-refractivity contribution in [3.05, 3.63) is 23.3 Å². The fourth-order valence-electron chi connectivity index (χ4n) is 15.7. The fourth-order valence-corrected chi connectivity index (χ4v) is 15.7. The lowest BCUT2D eigenvalue weighted by molar-refractivity contribution is -0.375. The summed E-state index contributed by atoms with van der Waals surface area (Å²) in [7, 11) is 1.88. The van der Waals surface area contributed by atoms with Crippen molar-refractivity contribution in [3.63, 3.8) is 0 Å². The molecule has 50 heavy (non-hydrogen) atoms. The molecule has 9 rings (SSSR count). The highest BCUT2D eigenvalue weighted by Gasteiger charge is 2.85. The second-order valence-corrected chi connectivity index (χ2v) is 18.8. The van der Waals surface area contributed by atoms with Crippen LogP contribution in [0.5, 0.6) is 0 Å². The second kappa shape index (κ2) is 11.2. The molecular weight excluding hydrogens is 634 g/mol. The molecule has 7 fully saturated rings. The van der Waals surface area contributed by atoms with Gasteiger partial charge in [-0.05, 0) is 118 Å². The van der Waals surface area contributed by atoms with Crippen molar-refractivity contribution in [3.8, 4) is 0 Å². The number of carbonyl (C=O) groups is 2. The SMILES string of the molecule is CNCC1=CC2CC3(O)C4(CCCCC15OC(=O)C=C5C24)CCC1C2(C=O)CCC(O)C4CCC(C(C)C5CCCC5)CC(C(O)C13O)C42O. The summed E-state index contributed by atoms with van der Waals surface area (Å²) in [6, 6.07) is 0. The van der Waals surface area contributed by atoms with Gasteiger partial charge in [0.1, 0.15) is 17.5 Å². The highest BCUT2D eigenvalue weighted by molar-refractivity contribution is 5.88. The first-order valence-corrected chi connectivity index (χ1v) is 20.2. The van der Waals surface area contributed by atoms with Gasteiger partial charge in [-0.2, -0.15) is 0 Å². The Balaban J connectivity index is 1.22. The maximum absolute atomic E-state index is 13.9. The van der Waals surface area contributed by atoms with Gasteiger partial charge in [0.05, 0.1) is 23.2 Å². The lowest BCUT2D eigenvalue weighted by Gasteiger charge is -2.73.